The highest BCUT2D eigenvalue weighted by molar-refractivity contribution is 6.31. The molecule has 0 aliphatic carbocycles. The van der Waals surface area contributed by atoms with Crippen molar-refractivity contribution in [3.05, 3.63) is 29.0 Å². The summed E-state index contributed by atoms with van der Waals surface area (Å²) in [5.74, 6) is -0.293. The second-order valence-electron chi connectivity index (χ2n) is 5.77. The SMILES string of the molecule is CC(=O)N(CC(=O)N1CCC(C)CC1)c1ccc(F)c(Cl)c1. The zero-order valence-electron chi connectivity index (χ0n) is 12.8. The van der Waals surface area contributed by atoms with E-state index in [1.807, 2.05) is 0 Å². The van der Waals surface area contributed by atoms with E-state index in [0.717, 1.165) is 25.9 Å². The molecular weight excluding hydrogens is 307 g/mol. The lowest BCUT2D eigenvalue weighted by molar-refractivity contribution is -0.132. The van der Waals surface area contributed by atoms with E-state index in [1.165, 1.54) is 30.0 Å². The van der Waals surface area contributed by atoms with E-state index in [4.69, 9.17) is 11.6 Å². The Morgan fingerprint density at radius 3 is 2.55 bits per heavy atom. The van der Waals surface area contributed by atoms with E-state index < -0.39 is 5.82 Å². The van der Waals surface area contributed by atoms with Crippen LogP contribution in [0.3, 0.4) is 0 Å². The van der Waals surface area contributed by atoms with Crippen LogP contribution in [0, 0.1) is 11.7 Å². The van der Waals surface area contributed by atoms with Gasteiger partial charge in [0.2, 0.25) is 11.8 Å². The van der Waals surface area contributed by atoms with Crippen molar-refractivity contribution in [1.82, 2.24) is 4.90 Å². The highest BCUT2D eigenvalue weighted by Gasteiger charge is 2.24. The first-order valence-corrected chi connectivity index (χ1v) is 7.77. The molecule has 2 amide bonds. The van der Waals surface area contributed by atoms with Gasteiger partial charge in [-0.3, -0.25) is 9.59 Å². The van der Waals surface area contributed by atoms with Gasteiger partial charge < -0.3 is 9.80 Å². The molecule has 0 spiro atoms. The van der Waals surface area contributed by atoms with Gasteiger partial charge in [0.15, 0.2) is 0 Å². The van der Waals surface area contributed by atoms with Gasteiger partial charge in [-0.25, -0.2) is 4.39 Å². The summed E-state index contributed by atoms with van der Waals surface area (Å²) in [5.41, 5.74) is 0.428. The van der Waals surface area contributed by atoms with Crippen LogP contribution in [0.5, 0.6) is 0 Å². The minimum atomic E-state index is -0.551. The van der Waals surface area contributed by atoms with Crippen molar-refractivity contribution in [2.75, 3.05) is 24.5 Å². The summed E-state index contributed by atoms with van der Waals surface area (Å²) < 4.78 is 13.2. The Hall–Kier alpha value is -1.62. The standard InChI is InChI=1S/C16H20ClFN2O2/c1-11-5-7-19(8-6-11)16(22)10-20(12(2)21)13-3-4-15(18)14(17)9-13/h3-4,9,11H,5-8,10H2,1-2H3. The summed E-state index contributed by atoms with van der Waals surface area (Å²) in [6.45, 7) is 4.94. The Bertz CT molecular complexity index is 571. The number of hydrogen-bond donors (Lipinski definition) is 0. The van der Waals surface area contributed by atoms with Gasteiger partial charge in [-0.15, -0.1) is 0 Å². The number of halogens is 2. The van der Waals surface area contributed by atoms with Gasteiger partial charge in [0.25, 0.3) is 0 Å². The average molecular weight is 327 g/mol. The van der Waals surface area contributed by atoms with E-state index in [2.05, 4.69) is 6.92 Å². The van der Waals surface area contributed by atoms with Crippen LogP contribution >= 0.6 is 11.6 Å². The molecule has 1 fully saturated rings. The van der Waals surface area contributed by atoms with Crippen LogP contribution < -0.4 is 4.90 Å². The molecule has 0 radical (unpaired) electrons. The topological polar surface area (TPSA) is 40.6 Å². The molecule has 0 unspecified atom stereocenters. The number of carbonyl (C=O) groups is 2. The largest absolute Gasteiger partial charge is 0.341 e. The first kappa shape index (κ1) is 16.7. The molecular formula is C16H20ClFN2O2. The monoisotopic (exact) mass is 326 g/mol. The highest BCUT2D eigenvalue weighted by atomic mass is 35.5. The number of hydrogen-bond acceptors (Lipinski definition) is 2. The lowest BCUT2D eigenvalue weighted by Gasteiger charge is -2.32. The molecule has 1 aliphatic heterocycles. The van der Waals surface area contributed by atoms with Crippen LogP contribution in [0.15, 0.2) is 18.2 Å². The smallest absolute Gasteiger partial charge is 0.242 e. The Labute approximate surface area is 134 Å². The van der Waals surface area contributed by atoms with Gasteiger partial charge in [-0.2, -0.15) is 0 Å². The minimum Gasteiger partial charge on any atom is -0.341 e. The molecule has 0 N–H and O–H groups in total. The van der Waals surface area contributed by atoms with Crippen molar-refractivity contribution < 1.29 is 14.0 Å². The van der Waals surface area contributed by atoms with Gasteiger partial charge in [0.05, 0.1) is 5.02 Å². The van der Waals surface area contributed by atoms with Crippen LogP contribution in [0.2, 0.25) is 5.02 Å². The number of amides is 2. The second-order valence-corrected chi connectivity index (χ2v) is 6.17. The molecule has 1 aliphatic rings. The number of carbonyl (C=O) groups excluding carboxylic acids is 2. The fraction of sp³-hybridized carbons (Fsp3) is 0.500. The van der Waals surface area contributed by atoms with E-state index in [0.29, 0.717) is 11.6 Å². The van der Waals surface area contributed by atoms with Crippen LogP contribution in [0.4, 0.5) is 10.1 Å². The van der Waals surface area contributed by atoms with Crippen LogP contribution in [-0.2, 0) is 9.59 Å². The molecule has 1 aromatic carbocycles. The number of anilines is 1. The predicted molar refractivity (Wildman–Crippen MR) is 84.4 cm³/mol. The summed E-state index contributed by atoms with van der Waals surface area (Å²) >= 11 is 5.76. The maximum atomic E-state index is 13.2. The van der Waals surface area contributed by atoms with E-state index >= 15 is 0 Å². The summed E-state index contributed by atoms with van der Waals surface area (Å²) in [4.78, 5) is 27.3. The van der Waals surface area contributed by atoms with E-state index in [-0.39, 0.29) is 23.4 Å². The van der Waals surface area contributed by atoms with Crippen molar-refractivity contribution in [2.24, 2.45) is 5.92 Å². The molecule has 0 atom stereocenters. The molecule has 1 aromatic rings. The Morgan fingerprint density at radius 1 is 1.36 bits per heavy atom. The number of nitrogens with zero attached hydrogens (tertiary/aromatic N) is 2. The number of likely N-dealkylation sites (tertiary alicyclic amines) is 1. The molecule has 2 rings (SSSR count). The lowest BCUT2D eigenvalue weighted by Crippen LogP contribution is -2.45. The molecule has 4 nitrogen and oxygen atoms in total. The Balaban J connectivity index is 2.10. The Kier molecular flexibility index (Phi) is 5.40. The van der Waals surface area contributed by atoms with Gasteiger partial charge in [0.1, 0.15) is 12.4 Å². The molecule has 120 valence electrons. The predicted octanol–water partition coefficient (Wildman–Crippen LogP) is 3.09. The number of piperidine rings is 1. The normalized spacial score (nSPS) is 15.7. The van der Waals surface area contributed by atoms with Crippen LogP contribution in [0.25, 0.3) is 0 Å². The maximum Gasteiger partial charge on any atom is 0.242 e. The fourth-order valence-electron chi connectivity index (χ4n) is 2.53. The van der Waals surface area contributed by atoms with Crippen LogP contribution in [-0.4, -0.2) is 36.3 Å². The van der Waals surface area contributed by atoms with Gasteiger partial charge in [-0.05, 0) is 37.0 Å². The second kappa shape index (κ2) is 7.09. The van der Waals surface area contributed by atoms with E-state index in [1.54, 1.807) is 4.90 Å². The van der Waals surface area contributed by atoms with Crippen molar-refractivity contribution in [1.29, 1.82) is 0 Å². The Morgan fingerprint density at radius 2 is 2.00 bits per heavy atom. The molecule has 1 saturated heterocycles. The third-order valence-electron chi connectivity index (χ3n) is 4.02. The van der Waals surface area contributed by atoms with E-state index in [9.17, 15) is 14.0 Å². The lowest BCUT2D eigenvalue weighted by atomic mass is 9.99. The minimum absolute atomic E-state index is 0.0499. The van der Waals surface area contributed by atoms with Crippen molar-refractivity contribution in [3.8, 4) is 0 Å². The quantitative estimate of drug-likeness (QED) is 0.856. The average Bonchev–Trinajstić information content (AvgIpc) is 2.48. The molecule has 1 heterocycles. The summed E-state index contributed by atoms with van der Waals surface area (Å²) in [7, 11) is 0. The molecule has 0 saturated carbocycles. The van der Waals surface area contributed by atoms with Gasteiger partial charge in [0, 0.05) is 25.7 Å². The van der Waals surface area contributed by atoms with Gasteiger partial charge in [-0.1, -0.05) is 18.5 Å². The molecule has 22 heavy (non-hydrogen) atoms. The number of rotatable bonds is 3. The third kappa shape index (κ3) is 3.97. The molecule has 6 heteroatoms. The van der Waals surface area contributed by atoms with Crippen molar-refractivity contribution >= 4 is 29.1 Å². The summed E-state index contributed by atoms with van der Waals surface area (Å²) in [6, 6.07) is 4.01. The van der Waals surface area contributed by atoms with Crippen molar-refractivity contribution in [2.45, 2.75) is 26.7 Å². The third-order valence-corrected chi connectivity index (χ3v) is 4.31. The summed E-state index contributed by atoms with van der Waals surface area (Å²) in [6.07, 6.45) is 1.96. The summed E-state index contributed by atoms with van der Waals surface area (Å²) in [5, 5.41) is -0.0667. The first-order valence-electron chi connectivity index (χ1n) is 7.39. The molecule has 0 aromatic heterocycles. The maximum absolute atomic E-state index is 13.2. The molecule has 0 bridgehead atoms. The van der Waals surface area contributed by atoms with Gasteiger partial charge >= 0.3 is 0 Å². The number of benzene rings is 1. The van der Waals surface area contributed by atoms with Crippen LogP contribution in [0.1, 0.15) is 26.7 Å². The zero-order valence-corrected chi connectivity index (χ0v) is 13.6. The first-order chi connectivity index (χ1) is 10.4. The van der Waals surface area contributed by atoms with Crippen molar-refractivity contribution in [3.63, 3.8) is 0 Å². The zero-order chi connectivity index (χ0) is 16.3. The fourth-order valence-corrected chi connectivity index (χ4v) is 2.71. The highest BCUT2D eigenvalue weighted by Crippen LogP contribution is 2.23.